The molecule has 0 radical (unpaired) electrons. The van der Waals surface area contributed by atoms with Crippen LogP contribution in [0.2, 0.25) is 0 Å². The molecule has 3 heterocycles. The lowest BCUT2D eigenvalue weighted by Crippen LogP contribution is -2.11. The van der Waals surface area contributed by atoms with Crippen molar-refractivity contribution < 1.29 is 0 Å². The molecule has 0 amide bonds. The third-order valence-corrected chi connectivity index (χ3v) is 7.37. The van der Waals surface area contributed by atoms with E-state index in [0.717, 1.165) is 40.1 Å². The highest BCUT2D eigenvalue weighted by molar-refractivity contribution is 7.99. The Hall–Kier alpha value is -2.32. The number of para-hydroxylation sites is 1. The number of benzene rings is 1. The second-order valence-corrected chi connectivity index (χ2v) is 9.13. The lowest BCUT2D eigenvalue weighted by molar-refractivity contribution is 0.451. The van der Waals surface area contributed by atoms with Crippen molar-refractivity contribution in [3.05, 3.63) is 46.6 Å². The number of rotatable bonds is 4. The normalized spacial score (nSPS) is 16.4. The standard InChI is InChI=1S/C20H20N6S2/c1-3-13-9-10-15-16(11-13)27-18-17(15)19(22-12(2)21-18)28-20-23-24-25-26(20)14-7-5-4-6-8-14/h4-8,13H,3,9-11H2,1-2H3. The number of hydrogen-bond acceptors (Lipinski definition) is 7. The fourth-order valence-corrected chi connectivity index (χ4v) is 6.22. The average molecular weight is 409 g/mol. The summed E-state index contributed by atoms with van der Waals surface area (Å²) in [6, 6.07) is 9.95. The summed E-state index contributed by atoms with van der Waals surface area (Å²) in [5.74, 6) is 1.58. The molecule has 8 heteroatoms. The van der Waals surface area contributed by atoms with Crippen LogP contribution in [-0.2, 0) is 12.8 Å². The Morgan fingerprint density at radius 3 is 2.89 bits per heavy atom. The second kappa shape index (κ2) is 7.25. The van der Waals surface area contributed by atoms with Gasteiger partial charge in [0.1, 0.15) is 15.7 Å². The number of aromatic nitrogens is 6. The van der Waals surface area contributed by atoms with Crippen molar-refractivity contribution >= 4 is 33.3 Å². The van der Waals surface area contributed by atoms with Crippen LogP contribution in [0.25, 0.3) is 15.9 Å². The van der Waals surface area contributed by atoms with Gasteiger partial charge in [-0.1, -0.05) is 31.5 Å². The Labute approximate surface area is 171 Å². The molecule has 1 unspecified atom stereocenters. The van der Waals surface area contributed by atoms with E-state index in [4.69, 9.17) is 9.97 Å². The predicted octanol–water partition coefficient (Wildman–Crippen LogP) is 4.64. The Balaban J connectivity index is 1.59. The first kappa shape index (κ1) is 17.8. The predicted molar refractivity (Wildman–Crippen MR) is 111 cm³/mol. The third-order valence-electron chi connectivity index (χ3n) is 5.30. The van der Waals surface area contributed by atoms with Crippen LogP contribution in [0.3, 0.4) is 0 Å². The Morgan fingerprint density at radius 1 is 1.21 bits per heavy atom. The maximum atomic E-state index is 4.78. The lowest BCUT2D eigenvalue weighted by Gasteiger charge is -2.20. The summed E-state index contributed by atoms with van der Waals surface area (Å²) in [6.45, 7) is 4.24. The van der Waals surface area contributed by atoms with Crippen molar-refractivity contribution in [2.75, 3.05) is 0 Å². The van der Waals surface area contributed by atoms with Gasteiger partial charge in [0.15, 0.2) is 0 Å². The van der Waals surface area contributed by atoms with Crippen molar-refractivity contribution in [3.63, 3.8) is 0 Å². The Morgan fingerprint density at radius 2 is 2.07 bits per heavy atom. The van der Waals surface area contributed by atoms with Crippen molar-refractivity contribution in [1.29, 1.82) is 0 Å². The van der Waals surface area contributed by atoms with Gasteiger partial charge < -0.3 is 0 Å². The van der Waals surface area contributed by atoms with E-state index >= 15 is 0 Å². The quantitative estimate of drug-likeness (QED) is 0.458. The number of tetrazole rings is 1. The number of fused-ring (bicyclic) bond motifs is 3. The zero-order chi connectivity index (χ0) is 19.1. The Bertz CT molecular complexity index is 1130. The smallest absolute Gasteiger partial charge is 0.220 e. The van der Waals surface area contributed by atoms with Crippen molar-refractivity contribution in [3.8, 4) is 5.69 Å². The van der Waals surface area contributed by atoms with Crippen molar-refractivity contribution in [2.24, 2.45) is 5.92 Å². The molecule has 0 saturated heterocycles. The zero-order valence-electron chi connectivity index (χ0n) is 15.8. The van der Waals surface area contributed by atoms with Gasteiger partial charge in [-0.2, -0.15) is 4.68 Å². The maximum absolute atomic E-state index is 4.78. The van der Waals surface area contributed by atoms with E-state index in [9.17, 15) is 0 Å². The molecule has 1 atom stereocenters. The lowest BCUT2D eigenvalue weighted by atomic mass is 9.86. The number of thiophene rings is 1. The average Bonchev–Trinajstić information content (AvgIpc) is 3.31. The van der Waals surface area contributed by atoms with Gasteiger partial charge in [0, 0.05) is 10.3 Å². The summed E-state index contributed by atoms with van der Waals surface area (Å²) in [5, 5.41) is 15.2. The molecule has 0 spiro atoms. The molecule has 0 aliphatic heterocycles. The first-order chi connectivity index (χ1) is 13.7. The van der Waals surface area contributed by atoms with Gasteiger partial charge in [0.25, 0.3) is 0 Å². The number of nitrogens with zero attached hydrogens (tertiary/aromatic N) is 6. The Kier molecular flexibility index (Phi) is 4.60. The van der Waals surface area contributed by atoms with E-state index in [1.807, 2.05) is 48.6 Å². The van der Waals surface area contributed by atoms with Crippen LogP contribution in [0, 0.1) is 12.8 Å². The topological polar surface area (TPSA) is 69.4 Å². The molecule has 1 aliphatic rings. The van der Waals surface area contributed by atoms with Gasteiger partial charge in [-0.15, -0.1) is 16.4 Å². The van der Waals surface area contributed by atoms with Gasteiger partial charge in [-0.3, -0.25) is 0 Å². The van der Waals surface area contributed by atoms with Gasteiger partial charge in [0.05, 0.1) is 5.69 Å². The monoisotopic (exact) mass is 408 g/mol. The molecule has 28 heavy (non-hydrogen) atoms. The van der Waals surface area contributed by atoms with E-state index in [1.54, 1.807) is 4.68 Å². The van der Waals surface area contributed by atoms with E-state index in [-0.39, 0.29) is 0 Å². The summed E-state index contributed by atoms with van der Waals surface area (Å²) >= 11 is 3.36. The van der Waals surface area contributed by atoms with E-state index < -0.39 is 0 Å². The van der Waals surface area contributed by atoms with Gasteiger partial charge in [-0.05, 0) is 72.0 Å². The van der Waals surface area contributed by atoms with Crippen LogP contribution in [0.1, 0.15) is 36.0 Å². The fraction of sp³-hybridized carbons (Fsp3) is 0.350. The van der Waals surface area contributed by atoms with Crippen LogP contribution in [-0.4, -0.2) is 30.2 Å². The largest absolute Gasteiger partial charge is 0.226 e. The molecular formula is C20H20N6S2. The molecule has 142 valence electrons. The van der Waals surface area contributed by atoms with Crippen LogP contribution < -0.4 is 0 Å². The van der Waals surface area contributed by atoms with Crippen LogP contribution in [0.5, 0.6) is 0 Å². The summed E-state index contributed by atoms with van der Waals surface area (Å²) in [7, 11) is 0. The summed E-state index contributed by atoms with van der Waals surface area (Å²) in [6.07, 6.45) is 4.76. The van der Waals surface area contributed by atoms with E-state index in [2.05, 4.69) is 22.4 Å². The summed E-state index contributed by atoms with van der Waals surface area (Å²) < 4.78 is 1.76. The highest BCUT2D eigenvalue weighted by Gasteiger charge is 2.25. The third kappa shape index (κ3) is 3.10. The first-order valence-electron chi connectivity index (χ1n) is 9.53. The summed E-state index contributed by atoms with van der Waals surface area (Å²) in [5.41, 5.74) is 2.38. The van der Waals surface area contributed by atoms with E-state index in [0.29, 0.717) is 5.16 Å². The fourth-order valence-electron chi connectivity index (χ4n) is 3.80. The number of hydrogen-bond donors (Lipinski definition) is 0. The van der Waals surface area contributed by atoms with Gasteiger partial charge in [0.2, 0.25) is 5.16 Å². The molecule has 1 aromatic carbocycles. The highest BCUT2D eigenvalue weighted by Crippen LogP contribution is 2.42. The molecule has 0 fully saturated rings. The molecule has 3 aromatic heterocycles. The summed E-state index contributed by atoms with van der Waals surface area (Å²) in [4.78, 5) is 12.1. The zero-order valence-corrected chi connectivity index (χ0v) is 17.4. The highest BCUT2D eigenvalue weighted by atomic mass is 32.2. The molecule has 0 N–H and O–H groups in total. The molecule has 0 bridgehead atoms. The van der Waals surface area contributed by atoms with Crippen LogP contribution in [0.15, 0.2) is 40.5 Å². The second-order valence-electron chi connectivity index (χ2n) is 7.09. The minimum atomic E-state index is 0.716. The first-order valence-corrected chi connectivity index (χ1v) is 11.2. The minimum Gasteiger partial charge on any atom is -0.226 e. The maximum Gasteiger partial charge on any atom is 0.220 e. The van der Waals surface area contributed by atoms with Crippen molar-refractivity contribution in [1.82, 2.24) is 30.2 Å². The molecule has 0 saturated carbocycles. The van der Waals surface area contributed by atoms with Gasteiger partial charge in [-0.25, -0.2) is 9.97 Å². The minimum absolute atomic E-state index is 0.716. The molecule has 6 nitrogen and oxygen atoms in total. The van der Waals surface area contributed by atoms with Crippen molar-refractivity contribution in [2.45, 2.75) is 49.7 Å². The van der Waals surface area contributed by atoms with Crippen LogP contribution >= 0.6 is 23.1 Å². The number of aryl methyl sites for hydroxylation is 2. The molecule has 5 rings (SSSR count). The molecule has 4 aromatic rings. The molecule has 1 aliphatic carbocycles. The van der Waals surface area contributed by atoms with Crippen LogP contribution in [0.4, 0.5) is 0 Å². The van der Waals surface area contributed by atoms with Gasteiger partial charge >= 0.3 is 0 Å². The molecular weight excluding hydrogens is 388 g/mol. The SMILES string of the molecule is CCC1CCc2c(sc3nc(C)nc(Sc4nnnn4-c4ccccc4)c23)C1. The van der Waals surface area contributed by atoms with E-state index in [1.165, 1.54) is 40.4 Å².